The normalized spacial score (nSPS) is 12.7. The molecular formula is C44H54N4O6. The van der Waals surface area contributed by atoms with Crippen molar-refractivity contribution < 1.29 is 24.9 Å². The third-order valence-electron chi connectivity index (χ3n) is 9.98. The van der Waals surface area contributed by atoms with Crippen molar-refractivity contribution in [2.24, 2.45) is 22.1 Å². The van der Waals surface area contributed by atoms with E-state index in [1.807, 2.05) is 31.2 Å². The maximum absolute atomic E-state index is 13.0. The first-order valence-electron chi connectivity index (χ1n) is 18.9. The zero-order chi connectivity index (χ0) is 39.6. The quantitative estimate of drug-likeness (QED) is 0.0527. The van der Waals surface area contributed by atoms with Crippen molar-refractivity contribution in [1.82, 2.24) is 4.57 Å². The minimum atomic E-state index is -1.05. The molecule has 3 unspecified atom stereocenters. The minimum absolute atomic E-state index is 0.00791. The van der Waals surface area contributed by atoms with E-state index < -0.39 is 11.5 Å². The van der Waals surface area contributed by atoms with Crippen molar-refractivity contribution >= 4 is 29.3 Å². The summed E-state index contributed by atoms with van der Waals surface area (Å²) in [6, 6.07) is 21.2. The molecule has 10 heteroatoms. The van der Waals surface area contributed by atoms with Crippen LogP contribution >= 0.6 is 0 Å². The second-order valence-corrected chi connectivity index (χ2v) is 13.7. The average molecular weight is 735 g/mol. The summed E-state index contributed by atoms with van der Waals surface area (Å²) in [5.74, 6) is 0.0934. The molecule has 1 aromatic heterocycles. The molecule has 54 heavy (non-hydrogen) atoms. The zero-order valence-electron chi connectivity index (χ0n) is 32.2. The number of azo groups is 1. The van der Waals surface area contributed by atoms with E-state index in [2.05, 4.69) is 48.0 Å². The third kappa shape index (κ3) is 12.0. The van der Waals surface area contributed by atoms with Crippen LogP contribution in [-0.4, -0.2) is 32.1 Å². The molecule has 10 nitrogen and oxygen atoms in total. The molecule has 0 aliphatic carbocycles. The fourth-order valence-corrected chi connectivity index (χ4v) is 6.46. The van der Waals surface area contributed by atoms with Gasteiger partial charge in [-0.15, -0.1) is 5.11 Å². The Morgan fingerprint density at radius 2 is 1.39 bits per heavy atom. The van der Waals surface area contributed by atoms with Crippen LogP contribution in [0.1, 0.15) is 129 Å². The molecule has 4 aromatic rings. The number of benzene rings is 3. The number of carboxylic acid groups (broad SMARTS) is 1. The Labute approximate surface area is 319 Å². The Bertz CT molecular complexity index is 1930. The average Bonchev–Trinajstić information content (AvgIpc) is 3.19. The molecule has 0 radical (unpaired) electrons. The van der Waals surface area contributed by atoms with E-state index in [0.29, 0.717) is 35.4 Å². The molecule has 0 saturated carbocycles. The van der Waals surface area contributed by atoms with E-state index in [9.17, 15) is 24.6 Å². The van der Waals surface area contributed by atoms with Gasteiger partial charge in [-0.25, -0.2) is 9.64 Å². The van der Waals surface area contributed by atoms with Crippen LogP contribution in [0.5, 0.6) is 11.6 Å². The summed E-state index contributed by atoms with van der Waals surface area (Å²) in [5, 5.41) is 37.2. The SMILES string of the molecule is CCCCC(CC)CC(c1ccc(O)cc1)c1ccc(C=O)cc1.[C-]#[N+]c1c(C)c(N=Nc2ccc(C(=O)O)cc2)c(=O)n(CC(CC)CCCC)c1O. The number of carbonyl (C=O) groups excluding carboxylic acids is 1. The molecule has 0 bridgehead atoms. The Morgan fingerprint density at radius 3 is 1.89 bits per heavy atom. The van der Waals surface area contributed by atoms with Crippen molar-refractivity contribution in [3.63, 3.8) is 0 Å². The van der Waals surface area contributed by atoms with Gasteiger partial charge in [0.1, 0.15) is 17.7 Å². The van der Waals surface area contributed by atoms with Crippen molar-refractivity contribution in [3.05, 3.63) is 122 Å². The number of aromatic nitrogens is 1. The topological polar surface area (TPSA) is 146 Å². The Kier molecular flexibility index (Phi) is 17.3. The van der Waals surface area contributed by atoms with E-state index >= 15 is 0 Å². The maximum Gasteiger partial charge on any atom is 0.335 e. The van der Waals surface area contributed by atoms with Crippen LogP contribution in [0, 0.1) is 25.3 Å². The molecule has 3 aromatic carbocycles. The van der Waals surface area contributed by atoms with Gasteiger partial charge < -0.3 is 15.3 Å². The van der Waals surface area contributed by atoms with E-state index in [0.717, 1.165) is 38.4 Å². The molecule has 0 fully saturated rings. The van der Waals surface area contributed by atoms with Gasteiger partial charge >= 0.3 is 5.97 Å². The second kappa shape index (κ2) is 21.8. The predicted molar refractivity (Wildman–Crippen MR) is 214 cm³/mol. The highest BCUT2D eigenvalue weighted by Gasteiger charge is 2.22. The molecule has 4 rings (SSSR count). The number of rotatable bonds is 18. The van der Waals surface area contributed by atoms with Gasteiger partial charge in [0.15, 0.2) is 5.88 Å². The number of phenols is 1. The molecular weight excluding hydrogens is 681 g/mol. The lowest BCUT2D eigenvalue weighted by Crippen LogP contribution is -2.24. The standard InChI is InChI=1S/C22H26N4O4.C22H28O2/c1-5-7-8-15(6-2)13-26-20(27)18(23-4)14(3)19(21(26)28)25-24-17-11-9-16(10-12-17)22(29)30;1-3-5-6-17(4-2)15-22(20-11-13-21(24)14-12-20)19-9-7-18(16-23)8-10-19/h9-12,15,27H,5-8,13H2,1-3H3,(H,29,30);7-14,16-17,22,24H,3-6,15H2,1-2H3. The van der Waals surface area contributed by atoms with Gasteiger partial charge in [0, 0.05) is 18.0 Å². The number of unbranched alkanes of at least 4 members (excludes halogenated alkanes) is 2. The molecule has 286 valence electrons. The number of hydrogen-bond donors (Lipinski definition) is 3. The van der Waals surface area contributed by atoms with Crippen molar-refractivity contribution in [1.29, 1.82) is 0 Å². The predicted octanol–water partition coefficient (Wildman–Crippen LogP) is 11.7. The van der Waals surface area contributed by atoms with Gasteiger partial charge in [-0.2, -0.15) is 5.11 Å². The third-order valence-corrected chi connectivity index (χ3v) is 9.98. The summed E-state index contributed by atoms with van der Waals surface area (Å²) >= 11 is 0. The summed E-state index contributed by atoms with van der Waals surface area (Å²) in [4.78, 5) is 38.3. The molecule has 3 N–H and O–H groups in total. The molecule has 3 atom stereocenters. The number of aromatic carboxylic acids is 1. The molecule has 0 saturated heterocycles. The largest absolute Gasteiger partial charge is 0.508 e. The van der Waals surface area contributed by atoms with Crippen LogP contribution < -0.4 is 5.56 Å². The van der Waals surface area contributed by atoms with Crippen LogP contribution in [0.4, 0.5) is 17.1 Å². The van der Waals surface area contributed by atoms with Crippen LogP contribution in [0.25, 0.3) is 4.85 Å². The summed E-state index contributed by atoms with van der Waals surface area (Å²) in [6.07, 6.45) is 10.8. The maximum atomic E-state index is 13.0. The number of aldehydes is 1. The van der Waals surface area contributed by atoms with E-state index in [1.54, 1.807) is 19.1 Å². The molecule has 1 heterocycles. The fraction of sp³-hybridized carbons (Fsp3) is 0.409. The smallest absolute Gasteiger partial charge is 0.335 e. The Balaban J connectivity index is 0.000000297. The Morgan fingerprint density at radius 1 is 0.833 bits per heavy atom. The molecule has 0 amide bonds. The highest BCUT2D eigenvalue weighted by molar-refractivity contribution is 5.87. The van der Waals surface area contributed by atoms with Crippen molar-refractivity contribution in [3.8, 4) is 11.6 Å². The van der Waals surface area contributed by atoms with Gasteiger partial charge in [-0.05, 0) is 84.7 Å². The van der Waals surface area contributed by atoms with E-state index in [4.69, 9.17) is 11.7 Å². The Hall–Kier alpha value is -5.56. The number of carboxylic acids is 1. The first kappa shape index (κ1) is 42.8. The van der Waals surface area contributed by atoms with Crippen LogP contribution in [0.15, 0.2) is 87.8 Å². The zero-order valence-corrected chi connectivity index (χ0v) is 32.2. The van der Waals surface area contributed by atoms with Crippen molar-refractivity contribution in [2.75, 3.05) is 0 Å². The lowest BCUT2D eigenvalue weighted by atomic mass is 9.81. The summed E-state index contributed by atoms with van der Waals surface area (Å²) in [5.41, 5.74) is 3.39. The minimum Gasteiger partial charge on any atom is -0.508 e. The van der Waals surface area contributed by atoms with Crippen LogP contribution in [-0.2, 0) is 6.54 Å². The fourth-order valence-electron chi connectivity index (χ4n) is 6.46. The van der Waals surface area contributed by atoms with Gasteiger partial charge in [-0.1, -0.05) is 109 Å². The van der Waals surface area contributed by atoms with Gasteiger partial charge in [0.05, 0.1) is 17.8 Å². The highest BCUT2D eigenvalue weighted by atomic mass is 16.4. The van der Waals surface area contributed by atoms with Gasteiger partial charge in [0.2, 0.25) is 5.69 Å². The highest BCUT2D eigenvalue weighted by Crippen LogP contribution is 2.36. The molecule has 0 aliphatic rings. The summed E-state index contributed by atoms with van der Waals surface area (Å²) in [7, 11) is 0. The number of nitrogens with zero attached hydrogens (tertiary/aromatic N) is 4. The van der Waals surface area contributed by atoms with Gasteiger partial charge in [0.25, 0.3) is 5.56 Å². The molecule has 0 aliphatic heterocycles. The van der Waals surface area contributed by atoms with Crippen LogP contribution in [0.3, 0.4) is 0 Å². The number of carbonyl (C=O) groups is 2. The van der Waals surface area contributed by atoms with E-state index in [-0.39, 0.29) is 34.3 Å². The van der Waals surface area contributed by atoms with Crippen LogP contribution in [0.2, 0.25) is 0 Å². The lowest BCUT2D eigenvalue weighted by Gasteiger charge is -2.24. The summed E-state index contributed by atoms with van der Waals surface area (Å²) in [6.45, 7) is 17.9. The van der Waals surface area contributed by atoms with E-state index in [1.165, 1.54) is 65.6 Å². The monoisotopic (exact) mass is 734 g/mol. The second-order valence-electron chi connectivity index (χ2n) is 13.7. The number of aromatic hydroxyl groups is 2. The number of phenolic OH excluding ortho intramolecular Hbond substituents is 1. The number of hydrogen-bond acceptors (Lipinski definition) is 7. The first-order chi connectivity index (χ1) is 26.0. The van der Waals surface area contributed by atoms with Gasteiger partial charge in [-0.3, -0.25) is 14.2 Å². The molecule has 0 spiro atoms. The lowest BCUT2D eigenvalue weighted by molar-refractivity contribution is 0.0696. The number of pyridine rings is 1. The summed E-state index contributed by atoms with van der Waals surface area (Å²) < 4.78 is 1.21. The van der Waals surface area contributed by atoms with Crippen molar-refractivity contribution in [2.45, 2.75) is 105 Å². The first-order valence-corrected chi connectivity index (χ1v) is 18.9.